The van der Waals surface area contributed by atoms with Gasteiger partial charge in [0.1, 0.15) is 5.78 Å². The predicted molar refractivity (Wildman–Crippen MR) is 85.8 cm³/mol. The number of imide groups is 1. The third-order valence-electron chi connectivity index (χ3n) is 6.31. The van der Waals surface area contributed by atoms with Crippen LogP contribution in [-0.2, 0) is 14.4 Å². The van der Waals surface area contributed by atoms with E-state index in [-0.39, 0.29) is 28.9 Å². The highest BCUT2D eigenvalue weighted by molar-refractivity contribution is 6.25. The Balaban J connectivity index is 1.84. The summed E-state index contributed by atoms with van der Waals surface area (Å²) in [6.45, 7) is 7.78. The summed E-state index contributed by atoms with van der Waals surface area (Å²) in [5, 5.41) is 0. The van der Waals surface area contributed by atoms with Crippen molar-refractivity contribution in [1.82, 2.24) is 0 Å². The van der Waals surface area contributed by atoms with Crippen molar-refractivity contribution in [2.75, 3.05) is 4.90 Å². The lowest BCUT2D eigenvalue weighted by atomic mass is 9.68. The first-order valence-electron chi connectivity index (χ1n) is 8.17. The lowest BCUT2D eigenvalue weighted by Gasteiger charge is -2.30. The Labute approximate surface area is 135 Å². The molecule has 1 aromatic carbocycles. The van der Waals surface area contributed by atoms with E-state index in [9.17, 15) is 14.4 Å². The molecule has 0 aromatic heterocycles. The molecule has 1 heterocycles. The number of fused-ring (bicyclic) bond motifs is 5. The number of hydrogen-bond donors (Lipinski definition) is 0. The molecule has 1 aromatic rings. The normalized spacial score (nSPS) is 38.6. The van der Waals surface area contributed by atoms with Crippen LogP contribution in [0.1, 0.15) is 37.8 Å². The number of nitrogens with zero attached hydrogens (tertiary/aromatic N) is 1. The molecule has 0 radical (unpaired) electrons. The van der Waals surface area contributed by atoms with Crippen molar-refractivity contribution < 1.29 is 14.4 Å². The minimum absolute atomic E-state index is 0.120. The Morgan fingerprint density at radius 2 is 1.70 bits per heavy atom. The second kappa shape index (κ2) is 4.11. The Morgan fingerprint density at radius 3 is 2.35 bits per heavy atom. The van der Waals surface area contributed by atoms with Gasteiger partial charge in [0.25, 0.3) is 0 Å². The van der Waals surface area contributed by atoms with Crippen molar-refractivity contribution in [3.63, 3.8) is 0 Å². The Bertz CT molecular complexity index is 783. The molecule has 2 aliphatic carbocycles. The maximum absolute atomic E-state index is 13.1. The van der Waals surface area contributed by atoms with E-state index >= 15 is 0 Å². The van der Waals surface area contributed by atoms with E-state index in [1.54, 1.807) is 0 Å². The van der Waals surface area contributed by atoms with Gasteiger partial charge in [0.15, 0.2) is 0 Å². The van der Waals surface area contributed by atoms with Crippen molar-refractivity contribution in [2.45, 2.75) is 40.5 Å². The fraction of sp³-hybridized carbons (Fsp3) is 0.526. The van der Waals surface area contributed by atoms with Gasteiger partial charge in [0.2, 0.25) is 11.8 Å². The number of carbonyl (C=O) groups is 3. The standard InChI is InChI=1S/C19H21NO3/c1-10-5-6-12(11(2)7-10)20-16(22)14-15(17(20)23)19(4)9-18(14,3)8-13(19)21/h5-7,14-15H,8-9H2,1-4H3/t14-,15-,18-,19+/m0/s1. The van der Waals surface area contributed by atoms with E-state index in [0.717, 1.165) is 11.1 Å². The van der Waals surface area contributed by atoms with Crippen LogP contribution in [0.2, 0.25) is 0 Å². The summed E-state index contributed by atoms with van der Waals surface area (Å²) >= 11 is 0. The first-order valence-corrected chi connectivity index (χ1v) is 8.17. The minimum Gasteiger partial charge on any atom is -0.299 e. The van der Waals surface area contributed by atoms with Gasteiger partial charge in [0, 0.05) is 11.8 Å². The van der Waals surface area contributed by atoms with Crippen LogP contribution in [-0.4, -0.2) is 17.6 Å². The summed E-state index contributed by atoms with van der Waals surface area (Å²) < 4.78 is 0. The molecular weight excluding hydrogens is 290 g/mol. The van der Waals surface area contributed by atoms with Gasteiger partial charge in [-0.15, -0.1) is 0 Å². The SMILES string of the molecule is Cc1ccc(N2C(=O)[C@@H]3[C@@H](C2=O)[C@]2(C)C[C@]3(C)CC2=O)c(C)c1. The molecule has 23 heavy (non-hydrogen) atoms. The third-order valence-corrected chi connectivity index (χ3v) is 6.31. The summed E-state index contributed by atoms with van der Waals surface area (Å²) in [5.41, 5.74) is 1.65. The van der Waals surface area contributed by atoms with Gasteiger partial charge < -0.3 is 0 Å². The lowest BCUT2D eigenvalue weighted by Crippen LogP contribution is -2.40. The van der Waals surface area contributed by atoms with Gasteiger partial charge in [-0.25, -0.2) is 4.90 Å². The maximum atomic E-state index is 13.1. The number of carbonyl (C=O) groups excluding carboxylic acids is 3. The van der Waals surface area contributed by atoms with Crippen molar-refractivity contribution in [1.29, 1.82) is 0 Å². The monoisotopic (exact) mass is 311 g/mol. The molecule has 2 amide bonds. The van der Waals surface area contributed by atoms with Crippen LogP contribution in [0.25, 0.3) is 0 Å². The largest absolute Gasteiger partial charge is 0.299 e. The topological polar surface area (TPSA) is 54.5 Å². The van der Waals surface area contributed by atoms with Crippen LogP contribution in [0.5, 0.6) is 0 Å². The van der Waals surface area contributed by atoms with Gasteiger partial charge in [-0.05, 0) is 37.3 Å². The molecule has 120 valence electrons. The quantitative estimate of drug-likeness (QED) is 0.749. The molecular formula is C19H21NO3. The fourth-order valence-corrected chi connectivity index (χ4v) is 5.38. The van der Waals surface area contributed by atoms with E-state index in [0.29, 0.717) is 18.5 Å². The molecule has 2 saturated carbocycles. The highest BCUT2D eigenvalue weighted by Gasteiger charge is 2.74. The zero-order valence-corrected chi connectivity index (χ0v) is 14.0. The third kappa shape index (κ3) is 1.59. The highest BCUT2D eigenvalue weighted by Crippen LogP contribution is 2.68. The van der Waals surface area contributed by atoms with E-state index in [1.807, 2.05) is 45.9 Å². The molecule has 4 rings (SSSR count). The Morgan fingerprint density at radius 1 is 1.04 bits per heavy atom. The second-order valence-corrected chi connectivity index (χ2v) is 8.11. The minimum atomic E-state index is -0.667. The number of Topliss-reactive ketones (excluding diaryl/α,β-unsaturated/α-hetero) is 1. The predicted octanol–water partition coefficient (Wildman–Crippen LogP) is 2.80. The molecule has 1 saturated heterocycles. The zero-order chi connectivity index (χ0) is 16.7. The lowest BCUT2D eigenvalue weighted by molar-refractivity contribution is -0.138. The van der Waals surface area contributed by atoms with Crippen molar-refractivity contribution in [3.8, 4) is 0 Å². The van der Waals surface area contributed by atoms with Crippen LogP contribution in [0.4, 0.5) is 5.69 Å². The van der Waals surface area contributed by atoms with Crippen LogP contribution in [0.15, 0.2) is 18.2 Å². The average molecular weight is 311 g/mol. The second-order valence-electron chi connectivity index (χ2n) is 8.11. The van der Waals surface area contributed by atoms with Gasteiger partial charge in [-0.3, -0.25) is 14.4 Å². The maximum Gasteiger partial charge on any atom is 0.238 e. The highest BCUT2D eigenvalue weighted by atomic mass is 16.2. The molecule has 2 bridgehead atoms. The van der Waals surface area contributed by atoms with Gasteiger partial charge in [-0.2, -0.15) is 0 Å². The average Bonchev–Trinajstić information content (AvgIpc) is 2.94. The van der Waals surface area contributed by atoms with Crippen LogP contribution in [0, 0.1) is 36.5 Å². The van der Waals surface area contributed by atoms with Crippen molar-refractivity contribution >= 4 is 23.3 Å². The van der Waals surface area contributed by atoms with Gasteiger partial charge in [0.05, 0.1) is 17.5 Å². The summed E-state index contributed by atoms with van der Waals surface area (Å²) in [7, 11) is 0. The molecule has 3 fully saturated rings. The molecule has 1 aliphatic heterocycles. The van der Waals surface area contributed by atoms with Crippen LogP contribution >= 0.6 is 0 Å². The van der Waals surface area contributed by atoms with E-state index in [1.165, 1.54) is 4.90 Å². The van der Waals surface area contributed by atoms with Crippen LogP contribution < -0.4 is 4.90 Å². The molecule has 3 aliphatic rings. The Kier molecular flexibility index (Phi) is 2.61. The molecule has 0 spiro atoms. The summed E-state index contributed by atoms with van der Waals surface area (Å²) in [6.07, 6.45) is 1.08. The van der Waals surface area contributed by atoms with Crippen LogP contribution in [0.3, 0.4) is 0 Å². The van der Waals surface area contributed by atoms with Gasteiger partial charge in [-0.1, -0.05) is 31.5 Å². The fourth-order valence-electron chi connectivity index (χ4n) is 5.38. The summed E-state index contributed by atoms with van der Waals surface area (Å²) in [4.78, 5) is 39.9. The smallest absolute Gasteiger partial charge is 0.238 e. The number of hydrogen-bond acceptors (Lipinski definition) is 3. The van der Waals surface area contributed by atoms with E-state index < -0.39 is 11.3 Å². The van der Waals surface area contributed by atoms with Crippen molar-refractivity contribution in [2.24, 2.45) is 22.7 Å². The molecule has 4 atom stereocenters. The number of amides is 2. The summed E-state index contributed by atoms with van der Waals surface area (Å²) in [6, 6.07) is 5.74. The summed E-state index contributed by atoms with van der Waals surface area (Å²) in [5.74, 6) is -0.998. The number of aryl methyl sites for hydroxylation is 2. The number of benzene rings is 1. The Hall–Kier alpha value is -1.97. The molecule has 4 nitrogen and oxygen atoms in total. The van der Waals surface area contributed by atoms with Crippen molar-refractivity contribution in [3.05, 3.63) is 29.3 Å². The zero-order valence-electron chi connectivity index (χ0n) is 14.0. The molecule has 0 unspecified atom stereocenters. The first-order chi connectivity index (χ1) is 10.7. The van der Waals surface area contributed by atoms with Gasteiger partial charge >= 0.3 is 0 Å². The number of rotatable bonds is 1. The number of ketones is 1. The first kappa shape index (κ1) is 14.6. The molecule has 0 N–H and O–H groups in total. The van der Waals surface area contributed by atoms with E-state index in [2.05, 4.69) is 0 Å². The molecule has 4 heteroatoms. The van der Waals surface area contributed by atoms with E-state index in [4.69, 9.17) is 0 Å². The number of anilines is 1.